The van der Waals surface area contributed by atoms with E-state index in [1.165, 1.54) is 27.1 Å². The zero-order chi connectivity index (χ0) is 22.2. The average molecular weight is 430 g/mol. The van der Waals surface area contributed by atoms with Gasteiger partial charge in [-0.15, -0.1) is 0 Å². The van der Waals surface area contributed by atoms with Gasteiger partial charge in [0.1, 0.15) is 6.04 Å². The Bertz CT molecular complexity index is 1120. The van der Waals surface area contributed by atoms with Crippen LogP contribution < -0.4 is 0 Å². The van der Waals surface area contributed by atoms with Gasteiger partial charge in [0.05, 0.1) is 31.8 Å². The van der Waals surface area contributed by atoms with Crippen molar-refractivity contribution < 1.29 is 19.1 Å². The molecule has 1 aliphatic carbocycles. The lowest BCUT2D eigenvalue weighted by molar-refractivity contribution is -0.140. The van der Waals surface area contributed by atoms with E-state index in [1.807, 2.05) is 66.7 Å². The number of methoxy groups -OCH3 is 1. The summed E-state index contributed by atoms with van der Waals surface area (Å²) in [5.74, 6) is -0.509. The molecule has 6 rings (SSSR count). The SMILES string of the molecule is COC(=O)C1=CC2C=CC1N1C(=O)N(Cc3ccccc3)N(Cc3ccccc3)C(=O)N21. The Labute approximate surface area is 185 Å². The second-order valence-electron chi connectivity index (χ2n) is 7.77. The molecule has 32 heavy (non-hydrogen) atoms. The van der Waals surface area contributed by atoms with Crippen LogP contribution in [-0.4, -0.2) is 57.3 Å². The maximum Gasteiger partial charge on any atom is 0.359 e. The Balaban J connectivity index is 1.54. The lowest BCUT2D eigenvalue weighted by Crippen LogP contribution is -2.74. The fourth-order valence-corrected chi connectivity index (χ4v) is 4.30. The summed E-state index contributed by atoms with van der Waals surface area (Å²) in [6, 6.07) is 17.1. The van der Waals surface area contributed by atoms with Gasteiger partial charge in [0.25, 0.3) is 0 Å². The molecular weight excluding hydrogens is 408 g/mol. The van der Waals surface area contributed by atoms with Crippen LogP contribution in [0.25, 0.3) is 0 Å². The van der Waals surface area contributed by atoms with Gasteiger partial charge in [-0.25, -0.2) is 34.4 Å². The number of ether oxygens (including phenoxy) is 1. The van der Waals surface area contributed by atoms with Crippen LogP contribution >= 0.6 is 0 Å². The van der Waals surface area contributed by atoms with Crippen LogP contribution in [0.3, 0.4) is 0 Å². The van der Waals surface area contributed by atoms with Gasteiger partial charge in [-0.05, 0) is 17.2 Å². The zero-order valence-corrected chi connectivity index (χ0v) is 17.5. The number of rotatable bonds is 5. The van der Waals surface area contributed by atoms with E-state index in [2.05, 4.69) is 0 Å². The zero-order valence-electron chi connectivity index (χ0n) is 17.5. The van der Waals surface area contributed by atoms with Gasteiger partial charge >= 0.3 is 18.0 Å². The van der Waals surface area contributed by atoms with E-state index in [1.54, 1.807) is 12.2 Å². The molecule has 2 unspecified atom stereocenters. The summed E-state index contributed by atoms with van der Waals surface area (Å²) in [6.45, 7) is 0.470. The summed E-state index contributed by atoms with van der Waals surface area (Å²) in [5, 5.41) is 5.71. The molecule has 4 amide bonds. The molecule has 2 aromatic rings. The van der Waals surface area contributed by atoms with E-state index in [0.717, 1.165) is 11.1 Å². The summed E-state index contributed by atoms with van der Waals surface area (Å²) in [7, 11) is 1.30. The van der Waals surface area contributed by atoms with Crippen LogP contribution in [-0.2, 0) is 22.6 Å². The van der Waals surface area contributed by atoms with E-state index in [0.29, 0.717) is 5.57 Å². The number of hydrogen-bond donors (Lipinski definition) is 0. The van der Waals surface area contributed by atoms with Crippen LogP contribution in [0.5, 0.6) is 0 Å². The van der Waals surface area contributed by atoms with Crippen molar-refractivity contribution in [2.45, 2.75) is 25.2 Å². The molecule has 1 fully saturated rings. The fraction of sp³-hybridized carbons (Fsp3) is 0.208. The first-order valence-electron chi connectivity index (χ1n) is 10.4. The maximum absolute atomic E-state index is 13.8. The highest BCUT2D eigenvalue weighted by molar-refractivity contribution is 5.95. The first-order chi connectivity index (χ1) is 15.6. The van der Waals surface area contributed by atoms with Crippen LogP contribution in [0.1, 0.15) is 11.1 Å². The van der Waals surface area contributed by atoms with E-state index in [4.69, 9.17) is 4.74 Å². The first kappa shape index (κ1) is 19.9. The fourth-order valence-electron chi connectivity index (χ4n) is 4.30. The first-order valence-corrected chi connectivity index (χ1v) is 10.4. The van der Waals surface area contributed by atoms with Gasteiger partial charge in [0.2, 0.25) is 0 Å². The van der Waals surface area contributed by atoms with Crippen molar-refractivity contribution >= 4 is 18.0 Å². The van der Waals surface area contributed by atoms with Crippen LogP contribution in [0.15, 0.2) is 84.5 Å². The summed E-state index contributed by atoms with van der Waals surface area (Å²) in [4.78, 5) is 39.8. The van der Waals surface area contributed by atoms with Crippen LogP contribution in [0.2, 0.25) is 0 Å². The molecule has 3 heterocycles. The van der Waals surface area contributed by atoms with Gasteiger partial charge in [0.15, 0.2) is 0 Å². The standard InChI is InChI=1S/C24H22N4O4/c1-32-22(29)20-14-19-12-13-21(20)28-24(31)26(16-18-10-6-3-7-11-18)25(23(30)27(19)28)15-17-8-4-2-5-9-17/h2-14,19,21H,15-16H2,1H3. The molecule has 0 aromatic heterocycles. The van der Waals surface area contributed by atoms with Crippen molar-refractivity contribution in [1.29, 1.82) is 0 Å². The minimum absolute atomic E-state index is 0.223. The molecule has 2 atom stereocenters. The van der Waals surface area contributed by atoms with Crippen molar-refractivity contribution in [3.8, 4) is 0 Å². The molecule has 2 bridgehead atoms. The number of esters is 1. The molecule has 0 spiro atoms. The van der Waals surface area contributed by atoms with Crippen molar-refractivity contribution in [2.75, 3.05) is 7.11 Å². The summed E-state index contributed by atoms with van der Waals surface area (Å²) >= 11 is 0. The quantitative estimate of drug-likeness (QED) is 0.540. The van der Waals surface area contributed by atoms with Gasteiger partial charge in [-0.3, -0.25) is 0 Å². The number of urea groups is 2. The minimum Gasteiger partial charge on any atom is -0.466 e. The van der Waals surface area contributed by atoms with E-state index < -0.39 is 18.1 Å². The number of benzene rings is 2. The van der Waals surface area contributed by atoms with E-state index in [9.17, 15) is 14.4 Å². The maximum atomic E-state index is 13.8. The number of carbonyl (C=O) groups excluding carboxylic acids is 3. The second-order valence-corrected chi connectivity index (χ2v) is 7.77. The molecule has 8 heteroatoms. The van der Waals surface area contributed by atoms with Crippen molar-refractivity contribution in [1.82, 2.24) is 20.0 Å². The molecule has 2 aromatic carbocycles. The predicted molar refractivity (Wildman–Crippen MR) is 115 cm³/mol. The highest BCUT2D eigenvalue weighted by Gasteiger charge is 2.52. The summed E-state index contributed by atoms with van der Waals surface area (Å²) < 4.78 is 4.90. The Kier molecular flexibility index (Phi) is 4.89. The Morgan fingerprint density at radius 1 is 0.812 bits per heavy atom. The second kappa shape index (κ2) is 7.88. The number of hydrogen-bond acceptors (Lipinski definition) is 4. The lowest BCUT2D eigenvalue weighted by atomic mass is 9.93. The predicted octanol–water partition coefficient (Wildman–Crippen LogP) is 3.10. The normalized spacial score (nSPS) is 21.6. The van der Waals surface area contributed by atoms with Gasteiger partial charge in [-0.1, -0.05) is 72.8 Å². The lowest BCUT2D eigenvalue weighted by Gasteiger charge is -2.55. The highest BCUT2D eigenvalue weighted by Crippen LogP contribution is 2.36. The number of amides is 4. The molecule has 8 nitrogen and oxygen atoms in total. The molecule has 0 radical (unpaired) electrons. The molecule has 4 aliphatic rings. The Morgan fingerprint density at radius 3 is 1.88 bits per heavy atom. The summed E-state index contributed by atoms with van der Waals surface area (Å²) in [5.41, 5.74) is 2.15. The molecule has 1 saturated heterocycles. The molecular formula is C24H22N4O4. The number of hydrazine groups is 2. The molecule has 3 aliphatic heterocycles. The number of nitrogens with zero attached hydrogens (tertiary/aromatic N) is 4. The monoisotopic (exact) mass is 430 g/mol. The minimum atomic E-state index is -0.693. The molecule has 162 valence electrons. The third kappa shape index (κ3) is 3.20. The summed E-state index contributed by atoms with van der Waals surface area (Å²) in [6.07, 6.45) is 5.28. The topological polar surface area (TPSA) is 73.4 Å². The third-order valence-electron chi connectivity index (χ3n) is 5.83. The van der Waals surface area contributed by atoms with Crippen molar-refractivity contribution in [3.05, 3.63) is 95.6 Å². The Hall–Kier alpha value is -4.07. The largest absolute Gasteiger partial charge is 0.466 e. The molecule has 0 N–H and O–H groups in total. The third-order valence-corrected chi connectivity index (χ3v) is 5.83. The van der Waals surface area contributed by atoms with Crippen molar-refractivity contribution in [2.24, 2.45) is 0 Å². The highest BCUT2D eigenvalue weighted by atomic mass is 16.5. The van der Waals surface area contributed by atoms with Gasteiger partial charge in [-0.2, -0.15) is 0 Å². The van der Waals surface area contributed by atoms with E-state index >= 15 is 0 Å². The van der Waals surface area contributed by atoms with Gasteiger partial charge in [0, 0.05) is 0 Å². The van der Waals surface area contributed by atoms with E-state index in [-0.39, 0.29) is 25.2 Å². The van der Waals surface area contributed by atoms with Crippen LogP contribution in [0, 0.1) is 0 Å². The number of carbonyl (C=O) groups is 3. The molecule has 0 saturated carbocycles. The van der Waals surface area contributed by atoms with Crippen molar-refractivity contribution in [3.63, 3.8) is 0 Å². The van der Waals surface area contributed by atoms with Gasteiger partial charge < -0.3 is 4.74 Å². The van der Waals surface area contributed by atoms with Crippen LogP contribution in [0.4, 0.5) is 9.59 Å². The smallest absolute Gasteiger partial charge is 0.359 e. The Morgan fingerprint density at radius 2 is 1.34 bits per heavy atom. The average Bonchev–Trinajstić information content (AvgIpc) is 2.85.